The first kappa shape index (κ1) is 21.1. The van der Waals surface area contributed by atoms with Crippen LogP contribution >= 0.6 is 11.6 Å². The average molecular weight is 440 g/mol. The molecule has 2 heterocycles. The van der Waals surface area contributed by atoms with Crippen molar-refractivity contribution in [2.24, 2.45) is 0 Å². The molecule has 0 radical (unpaired) electrons. The van der Waals surface area contributed by atoms with Crippen LogP contribution in [0.3, 0.4) is 0 Å². The summed E-state index contributed by atoms with van der Waals surface area (Å²) in [6.45, 7) is 3.57. The molecule has 0 bridgehead atoms. The first-order chi connectivity index (χ1) is 15.0. The van der Waals surface area contributed by atoms with Crippen LogP contribution in [-0.4, -0.2) is 60.9 Å². The molecule has 8 heteroatoms. The van der Waals surface area contributed by atoms with Crippen molar-refractivity contribution in [1.82, 2.24) is 9.80 Å². The zero-order chi connectivity index (χ0) is 22.0. The van der Waals surface area contributed by atoms with Crippen molar-refractivity contribution in [3.63, 3.8) is 0 Å². The number of carbonyl (C=O) groups is 3. The number of ether oxygens (including phenoxy) is 1. The molecule has 2 aromatic rings. The van der Waals surface area contributed by atoms with Gasteiger partial charge in [-0.05, 0) is 29.8 Å². The Balaban J connectivity index is 1.44. The van der Waals surface area contributed by atoms with Crippen molar-refractivity contribution in [3.05, 3.63) is 76.5 Å². The first-order valence-corrected chi connectivity index (χ1v) is 10.4. The van der Waals surface area contributed by atoms with Crippen LogP contribution in [0.5, 0.6) is 0 Å². The number of anilines is 1. The molecule has 31 heavy (non-hydrogen) atoms. The van der Waals surface area contributed by atoms with E-state index in [1.54, 1.807) is 0 Å². The fourth-order valence-electron chi connectivity index (χ4n) is 3.84. The summed E-state index contributed by atoms with van der Waals surface area (Å²) in [5.74, 6) is -1.49. The zero-order valence-corrected chi connectivity index (χ0v) is 17.8. The maximum Gasteiger partial charge on any atom is 0.337 e. The second-order valence-corrected chi connectivity index (χ2v) is 7.77. The lowest BCUT2D eigenvalue weighted by Crippen LogP contribution is -2.47. The van der Waals surface area contributed by atoms with Crippen molar-refractivity contribution in [2.45, 2.75) is 6.54 Å². The summed E-state index contributed by atoms with van der Waals surface area (Å²) in [6, 6.07) is 16.3. The van der Waals surface area contributed by atoms with Crippen LogP contribution in [0.15, 0.2) is 65.3 Å². The summed E-state index contributed by atoms with van der Waals surface area (Å²) in [5, 5.41) is -0.0708. The summed E-state index contributed by atoms with van der Waals surface area (Å²) in [7, 11) is 1.29. The van der Waals surface area contributed by atoms with Crippen molar-refractivity contribution >= 4 is 35.1 Å². The molecule has 2 aromatic carbocycles. The van der Waals surface area contributed by atoms with Gasteiger partial charge >= 0.3 is 5.97 Å². The number of imide groups is 1. The van der Waals surface area contributed by atoms with Gasteiger partial charge in [0.15, 0.2) is 0 Å². The molecule has 4 rings (SSSR count). The molecule has 2 aliphatic heterocycles. The number of piperazine rings is 1. The summed E-state index contributed by atoms with van der Waals surface area (Å²) < 4.78 is 4.68. The molecule has 7 nitrogen and oxygen atoms in total. The summed E-state index contributed by atoms with van der Waals surface area (Å²) >= 11 is 6.31. The third-order valence-electron chi connectivity index (χ3n) is 5.49. The third kappa shape index (κ3) is 4.19. The molecule has 2 amide bonds. The number of esters is 1. The van der Waals surface area contributed by atoms with Crippen LogP contribution in [-0.2, 0) is 20.9 Å². The Bertz CT molecular complexity index is 1030. The smallest absolute Gasteiger partial charge is 0.337 e. The Morgan fingerprint density at radius 1 is 0.935 bits per heavy atom. The second-order valence-electron chi connectivity index (χ2n) is 7.40. The van der Waals surface area contributed by atoms with E-state index in [4.69, 9.17) is 11.6 Å². The Hall–Kier alpha value is -3.16. The molecule has 1 fully saturated rings. The number of carbonyl (C=O) groups excluding carboxylic acids is 3. The number of amides is 2. The Morgan fingerprint density at radius 2 is 1.58 bits per heavy atom. The lowest BCUT2D eigenvalue weighted by Gasteiger charge is -2.36. The van der Waals surface area contributed by atoms with Gasteiger partial charge in [-0.3, -0.25) is 14.5 Å². The highest BCUT2D eigenvalue weighted by molar-refractivity contribution is 6.52. The predicted octanol–water partition coefficient (Wildman–Crippen LogP) is 2.61. The molecule has 0 saturated carbocycles. The van der Waals surface area contributed by atoms with Crippen molar-refractivity contribution in [1.29, 1.82) is 0 Å². The van der Waals surface area contributed by atoms with Gasteiger partial charge in [0, 0.05) is 32.7 Å². The molecule has 2 aliphatic rings. The quantitative estimate of drug-likeness (QED) is 0.527. The second kappa shape index (κ2) is 8.91. The maximum absolute atomic E-state index is 13.1. The molecule has 0 spiro atoms. The zero-order valence-electron chi connectivity index (χ0n) is 17.1. The van der Waals surface area contributed by atoms with E-state index in [9.17, 15) is 14.4 Å². The van der Waals surface area contributed by atoms with Crippen LogP contribution in [0.25, 0.3) is 0 Å². The van der Waals surface area contributed by atoms with Crippen LogP contribution in [0.4, 0.5) is 5.69 Å². The molecule has 0 atom stereocenters. The first-order valence-electron chi connectivity index (χ1n) is 9.97. The SMILES string of the molecule is COC(=O)c1ccc(N2C(=O)C(Cl)=C(N3CCN(Cc4ccccc4)CC3)C2=O)cc1. The fourth-order valence-corrected chi connectivity index (χ4v) is 4.12. The Morgan fingerprint density at radius 3 is 2.19 bits per heavy atom. The van der Waals surface area contributed by atoms with Crippen molar-refractivity contribution in [2.75, 3.05) is 38.2 Å². The number of halogens is 1. The highest BCUT2D eigenvalue weighted by Gasteiger charge is 2.42. The minimum absolute atomic E-state index is 0.0708. The van der Waals surface area contributed by atoms with Crippen LogP contribution in [0.2, 0.25) is 0 Å². The van der Waals surface area contributed by atoms with Gasteiger partial charge in [0.05, 0.1) is 18.4 Å². The monoisotopic (exact) mass is 439 g/mol. The third-order valence-corrected chi connectivity index (χ3v) is 5.83. The predicted molar refractivity (Wildman–Crippen MR) is 116 cm³/mol. The van der Waals surface area contributed by atoms with Gasteiger partial charge in [-0.25, -0.2) is 9.69 Å². The van der Waals surface area contributed by atoms with E-state index in [-0.39, 0.29) is 10.7 Å². The molecular weight excluding hydrogens is 418 g/mol. The van der Waals surface area contributed by atoms with Gasteiger partial charge < -0.3 is 9.64 Å². The van der Waals surface area contributed by atoms with Crippen molar-refractivity contribution in [3.8, 4) is 0 Å². The Labute approximate surface area is 185 Å². The average Bonchev–Trinajstić information content (AvgIpc) is 3.03. The number of methoxy groups -OCH3 is 1. The molecule has 0 N–H and O–H groups in total. The van der Waals surface area contributed by atoms with E-state index in [2.05, 4.69) is 21.8 Å². The highest BCUT2D eigenvalue weighted by atomic mass is 35.5. The normalized spacial score (nSPS) is 17.5. The Kier molecular flexibility index (Phi) is 6.06. The van der Waals surface area contributed by atoms with Gasteiger partial charge in [0.2, 0.25) is 0 Å². The largest absolute Gasteiger partial charge is 0.465 e. The summed E-state index contributed by atoms with van der Waals surface area (Å²) in [6.07, 6.45) is 0. The fraction of sp³-hybridized carbons (Fsp3) is 0.261. The lowest BCUT2D eigenvalue weighted by atomic mass is 10.2. The van der Waals surface area contributed by atoms with Crippen LogP contribution in [0.1, 0.15) is 15.9 Å². The number of hydrogen-bond donors (Lipinski definition) is 0. The van der Waals surface area contributed by atoms with Gasteiger partial charge in [0.25, 0.3) is 11.8 Å². The number of nitrogens with zero attached hydrogens (tertiary/aromatic N) is 3. The molecule has 0 aliphatic carbocycles. The van der Waals surface area contributed by atoms with Gasteiger partial charge in [-0.1, -0.05) is 41.9 Å². The number of rotatable bonds is 5. The van der Waals surface area contributed by atoms with E-state index < -0.39 is 17.8 Å². The summed E-state index contributed by atoms with van der Waals surface area (Å²) in [5.41, 5.74) is 2.17. The van der Waals surface area contributed by atoms with Gasteiger partial charge in [-0.15, -0.1) is 0 Å². The summed E-state index contributed by atoms with van der Waals surface area (Å²) in [4.78, 5) is 42.7. The molecule has 0 aromatic heterocycles. The minimum atomic E-state index is -0.556. The van der Waals surface area contributed by atoms with Crippen LogP contribution in [0, 0.1) is 0 Å². The van der Waals surface area contributed by atoms with E-state index >= 15 is 0 Å². The minimum Gasteiger partial charge on any atom is -0.465 e. The molecule has 1 saturated heterocycles. The topological polar surface area (TPSA) is 70.2 Å². The molecular formula is C23H22ClN3O4. The van der Waals surface area contributed by atoms with Crippen LogP contribution < -0.4 is 4.90 Å². The van der Waals surface area contributed by atoms with E-state index in [1.807, 2.05) is 23.1 Å². The lowest BCUT2D eigenvalue weighted by molar-refractivity contribution is -0.121. The van der Waals surface area contributed by atoms with E-state index in [0.717, 1.165) is 24.5 Å². The van der Waals surface area contributed by atoms with E-state index in [1.165, 1.54) is 36.9 Å². The van der Waals surface area contributed by atoms with Gasteiger partial charge in [0.1, 0.15) is 10.7 Å². The number of hydrogen-bond acceptors (Lipinski definition) is 6. The maximum atomic E-state index is 13.1. The standard InChI is InChI=1S/C23H22ClN3O4/c1-31-23(30)17-7-9-18(10-8-17)27-21(28)19(24)20(22(27)29)26-13-11-25(12-14-26)15-16-5-3-2-4-6-16/h2-10H,11-15H2,1H3. The highest BCUT2D eigenvalue weighted by Crippen LogP contribution is 2.32. The van der Waals surface area contributed by atoms with Gasteiger partial charge in [-0.2, -0.15) is 0 Å². The van der Waals surface area contributed by atoms with E-state index in [0.29, 0.717) is 24.3 Å². The number of benzene rings is 2. The molecule has 0 unspecified atom stereocenters. The van der Waals surface area contributed by atoms with Crippen molar-refractivity contribution < 1.29 is 19.1 Å². The molecule has 160 valence electrons.